The van der Waals surface area contributed by atoms with Crippen molar-refractivity contribution in [2.24, 2.45) is 28.6 Å². The number of carbonyl (C=O) groups excluding carboxylic acids is 2. The number of rotatable bonds is 1. The van der Waals surface area contributed by atoms with E-state index in [4.69, 9.17) is 9.47 Å². The first kappa shape index (κ1) is 16.0. The van der Waals surface area contributed by atoms with Crippen LogP contribution in [-0.2, 0) is 19.1 Å². The van der Waals surface area contributed by atoms with Gasteiger partial charge in [-0.1, -0.05) is 25.5 Å². The van der Waals surface area contributed by atoms with E-state index >= 15 is 0 Å². The molecule has 5 aliphatic rings. The average molecular weight is 344 g/mol. The molecular weight excluding hydrogens is 316 g/mol. The van der Waals surface area contributed by atoms with Gasteiger partial charge < -0.3 is 9.47 Å². The second-order valence-corrected chi connectivity index (χ2v) is 9.49. The van der Waals surface area contributed by atoms with Crippen LogP contribution in [0.25, 0.3) is 0 Å². The molecule has 1 heterocycles. The van der Waals surface area contributed by atoms with Gasteiger partial charge in [-0.25, -0.2) is 0 Å². The Hall–Kier alpha value is -1.16. The number of epoxide rings is 1. The summed E-state index contributed by atoms with van der Waals surface area (Å²) >= 11 is 0. The summed E-state index contributed by atoms with van der Waals surface area (Å²) in [5, 5.41) is 0. The topological polar surface area (TPSA) is 55.9 Å². The summed E-state index contributed by atoms with van der Waals surface area (Å²) < 4.78 is 11.3. The van der Waals surface area contributed by atoms with Crippen molar-refractivity contribution in [1.82, 2.24) is 0 Å². The number of esters is 1. The number of ketones is 1. The highest BCUT2D eigenvalue weighted by molar-refractivity contribution is 5.94. The fourth-order valence-electron chi connectivity index (χ4n) is 7.04. The highest BCUT2D eigenvalue weighted by Crippen LogP contribution is 2.67. The van der Waals surface area contributed by atoms with Gasteiger partial charge in [0.15, 0.2) is 5.78 Å². The van der Waals surface area contributed by atoms with Gasteiger partial charge in [0.25, 0.3) is 0 Å². The van der Waals surface area contributed by atoms with Crippen molar-refractivity contribution in [3.8, 4) is 0 Å². The normalized spacial score (nSPS) is 53.1. The number of allylic oxidation sites excluding steroid dienone is 1. The third-order valence-electron chi connectivity index (χ3n) is 8.34. The van der Waals surface area contributed by atoms with Gasteiger partial charge in [-0.15, -0.1) is 0 Å². The largest absolute Gasteiger partial charge is 0.462 e. The molecule has 0 unspecified atom stereocenters. The van der Waals surface area contributed by atoms with Crippen molar-refractivity contribution in [2.75, 3.05) is 0 Å². The molecule has 4 fully saturated rings. The Bertz CT molecular complexity index is 681. The lowest BCUT2D eigenvalue weighted by Crippen LogP contribution is -2.52. The molecule has 0 spiro atoms. The van der Waals surface area contributed by atoms with Gasteiger partial charge in [-0.3, -0.25) is 9.59 Å². The minimum Gasteiger partial charge on any atom is -0.462 e. The average Bonchev–Trinajstić information content (AvgIpc) is 3.29. The smallest absolute Gasteiger partial charge is 0.302 e. The molecule has 0 N–H and O–H groups in total. The Morgan fingerprint density at radius 3 is 2.76 bits per heavy atom. The summed E-state index contributed by atoms with van der Waals surface area (Å²) in [6, 6.07) is 0. The van der Waals surface area contributed by atoms with E-state index in [0.717, 1.165) is 38.5 Å². The molecule has 4 aliphatic carbocycles. The minimum atomic E-state index is -0.169. The first-order valence-electron chi connectivity index (χ1n) is 9.91. The summed E-state index contributed by atoms with van der Waals surface area (Å²) in [7, 11) is 0. The molecule has 3 saturated carbocycles. The summed E-state index contributed by atoms with van der Waals surface area (Å²) in [5.74, 6) is 1.82. The van der Waals surface area contributed by atoms with E-state index in [1.165, 1.54) is 12.5 Å². The highest BCUT2D eigenvalue weighted by Gasteiger charge is 2.71. The Labute approximate surface area is 149 Å². The summed E-state index contributed by atoms with van der Waals surface area (Å²) in [6.45, 7) is 6.12. The Morgan fingerprint density at radius 2 is 2.00 bits per heavy atom. The SMILES string of the molecule is CC(=O)O[C@H]1CC[C@@]2(C)C(=CC[C@H]3[C@@H]4[C@H]5O[C@H]5C(=O)[C@@]4(C)CC[C@@H]32)C1. The van der Waals surface area contributed by atoms with E-state index in [2.05, 4.69) is 19.9 Å². The predicted octanol–water partition coefficient (Wildman–Crippen LogP) is 3.44. The van der Waals surface area contributed by atoms with Crippen molar-refractivity contribution in [1.29, 1.82) is 0 Å². The van der Waals surface area contributed by atoms with E-state index in [-0.39, 0.29) is 35.1 Å². The maximum Gasteiger partial charge on any atom is 0.302 e. The lowest BCUT2D eigenvalue weighted by Gasteiger charge is -2.57. The first-order valence-corrected chi connectivity index (χ1v) is 9.91. The number of Topliss-reactive ketones (excluding diaryl/α,β-unsaturated/α-hetero) is 1. The molecule has 8 atom stereocenters. The zero-order valence-corrected chi connectivity index (χ0v) is 15.4. The summed E-state index contributed by atoms with van der Waals surface area (Å²) in [4.78, 5) is 24.0. The van der Waals surface area contributed by atoms with Gasteiger partial charge in [-0.05, 0) is 49.4 Å². The van der Waals surface area contributed by atoms with Gasteiger partial charge in [-0.2, -0.15) is 0 Å². The fraction of sp³-hybridized carbons (Fsp3) is 0.810. The molecule has 25 heavy (non-hydrogen) atoms. The Morgan fingerprint density at radius 1 is 1.24 bits per heavy atom. The van der Waals surface area contributed by atoms with Crippen LogP contribution in [-0.4, -0.2) is 30.1 Å². The number of hydrogen-bond acceptors (Lipinski definition) is 4. The molecule has 1 aliphatic heterocycles. The van der Waals surface area contributed by atoms with Gasteiger partial charge >= 0.3 is 5.97 Å². The third kappa shape index (κ3) is 2.03. The van der Waals surface area contributed by atoms with Crippen LogP contribution in [0, 0.1) is 28.6 Å². The molecule has 0 amide bonds. The minimum absolute atomic E-state index is 0.0476. The molecule has 5 rings (SSSR count). The molecule has 136 valence electrons. The summed E-state index contributed by atoms with van der Waals surface area (Å²) in [5.41, 5.74) is 1.55. The lowest BCUT2D eigenvalue weighted by atomic mass is 9.48. The number of ether oxygens (including phenoxy) is 2. The van der Waals surface area contributed by atoms with E-state index in [0.29, 0.717) is 23.5 Å². The van der Waals surface area contributed by atoms with Crippen LogP contribution in [0.5, 0.6) is 0 Å². The van der Waals surface area contributed by atoms with E-state index in [9.17, 15) is 9.59 Å². The predicted molar refractivity (Wildman–Crippen MR) is 91.7 cm³/mol. The molecule has 4 nitrogen and oxygen atoms in total. The lowest BCUT2D eigenvalue weighted by molar-refractivity contribution is -0.149. The highest BCUT2D eigenvalue weighted by atomic mass is 16.6. The van der Waals surface area contributed by atoms with E-state index in [1.54, 1.807) is 0 Å². The van der Waals surface area contributed by atoms with Crippen LogP contribution in [0.3, 0.4) is 0 Å². The van der Waals surface area contributed by atoms with Crippen molar-refractivity contribution in [3.63, 3.8) is 0 Å². The zero-order valence-electron chi connectivity index (χ0n) is 15.4. The Kier molecular flexibility index (Phi) is 3.19. The van der Waals surface area contributed by atoms with Gasteiger partial charge in [0.05, 0.1) is 6.10 Å². The number of carbonyl (C=O) groups is 2. The van der Waals surface area contributed by atoms with Crippen LogP contribution < -0.4 is 0 Å². The van der Waals surface area contributed by atoms with Crippen LogP contribution in [0.2, 0.25) is 0 Å². The van der Waals surface area contributed by atoms with Crippen LogP contribution in [0.4, 0.5) is 0 Å². The maximum atomic E-state index is 12.7. The van der Waals surface area contributed by atoms with Crippen LogP contribution >= 0.6 is 0 Å². The second kappa shape index (κ2) is 4.97. The number of hydrogen-bond donors (Lipinski definition) is 0. The molecular formula is C21H28O4. The Balaban J connectivity index is 1.44. The molecule has 4 heteroatoms. The van der Waals surface area contributed by atoms with Crippen LogP contribution in [0.15, 0.2) is 11.6 Å². The van der Waals surface area contributed by atoms with Crippen molar-refractivity contribution in [3.05, 3.63) is 11.6 Å². The summed E-state index contributed by atoms with van der Waals surface area (Å²) in [6.07, 6.45) is 8.73. The second-order valence-electron chi connectivity index (χ2n) is 9.49. The monoisotopic (exact) mass is 344 g/mol. The van der Waals surface area contributed by atoms with Crippen molar-refractivity contribution < 1.29 is 19.1 Å². The van der Waals surface area contributed by atoms with Gasteiger partial charge in [0, 0.05) is 24.7 Å². The molecule has 0 bridgehead atoms. The van der Waals surface area contributed by atoms with Crippen molar-refractivity contribution in [2.45, 2.75) is 77.6 Å². The third-order valence-corrected chi connectivity index (χ3v) is 8.34. The molecule has 0 aromatic carbocycles. The molecule has 1 saturated heterocycles. The zero-order chi connectivity index (χ0) is 17.6. The number of fused-ring (bicyclic) bond motifs is 7. The fourth-order valence-corrected chi connectivity index (χ4v) is 7.04. The standard InChI is InChI=1S/C21H28O4/c1-11(22)24-13-6-8-20(2)12(10-13)4-5-14-15(20)7-9-21(3)16(14)17-18(25-17)19(21)23/h4,13-18H,5-10H2,1-3H3/t13-,14+,15-,16+,17+,18+,20-,21-/m0/s1. The van der Waals surface area contributed by atoms with E-state index in [1.807, 2.05) is 0 Å². The maximum absolute atomic E-state index is 12.7. The first-order chi connectivity index (χ1) is 11.8. The van der Waals surface area contributed by atoms with Crippen LogP contribution in [0.1, 0.15) is 59.3 Å². The van der Waals surface area contributed by atoms with Crippen molar-refractivity contribution >= 4 is 11.8 Å². The van der Waals surface area contributed by atoms with Gasteiger partial charge in [0.2, 0.25) is 0 Å². The van der Waals surface area contributed by atoms with E-state index < -0.39 is 0 Å². The molecule has 0 aromatic heterocycles. The quantitative estimate of drug-likeness (QED) is 0.415. The molecule has 0 radical (unpaired) electrons. The van der Waals surface area contributed by atoms with Gasteiger partial charge in [0.1, 0.15) is 12.2 Å². The molecule has 0 aromatic rings.